The summed E-state index contributed by atoms with van der Waals surface area (Å²) < 4.78 is 42.4. The lowest BCUT2D eigenvalue weighted by Crippen LogP contribution is -2.50. The number of nitrogens with zero attached hydrogens (tertiary/aromatic N) is 3. The molecule has 4 rings (SSSR count). The van der Waals surface area contributed by atoms with E-state index in [4.69, 9.17) is 5.73 Å². The molecule has 1 amide bonds. The van der Waals surface area contributed by atoms with Crippen LogP contribution in [-0.2, 0) is 18.3 Å². The number of aromatic nitrogens is 2. The molecule has 1 aromatic heterocycles. The molecule has 32 heavy (non-hydrogen) atoms. The topological polar surface area (TPSA) is 81.2 Å². The van der Waals surface area contributed by atoms with Crippen molar-refractivity contribution in [1.29, 1.82) is 0 Å². The molecule has 2 aliphatic heterocycles. The second-order valence-electron chi connectivity index (χ2n) is 8.96. The van der Waals surface area contributed by atoms with Crippen LogP contribution in [0, 0.1) is 23.4 Å². The van der Waals surface area contributed by atoms with Crippen molar-refractivity contribution in [2.45, 2.75) is 63.1 Å². The van der Waals surface area contributed by atoms with Gasteiger partial charge < -0.3 is 15.2 Å². The summed E-state index contributed by atoms with van der Waals surface area (Å²) in [4.78, 5) is 31.1. The van der Waals surface area contributed by atoms with Gasteiger partial charge in [0.15, 0.2) is 17.4 Å². The molecular weight excluding hydrogens is 421 g/mol. The number of Topliss-reactive ketones (excluding diaryl/α,β-unsaturated/α-hetero) is 1. The fourth-order valence-corrected chi connectivity index (χ4v) is 5.22. The van der Waals surface area contributed by atoms with Gasteiger partial charge in [0.25, 0.3) is 0 Å². The van der Waals surface area contributed by atoms with Gasteiger partial charge in [-0.1, -0.05) is 0 Å². The van der Waals surface area contributed by atoms with Crippen LogP contribution in [0.4, 0.5) is 13.2 Å². The van der Waals surface area contributed by atoms with Gasteiger partial charge in [0, 0.05) is 44.1 Å². The van der Waals surface area contributed by atoms with Crippen LogP contribution in [0.25, 0.3) is 0 Å². The Hall–Kier alpha value is -2.68. The van der Waals surface area contributed by atoms with Gasteiger partial charge in [-0.15, -0.1) is 0 Å². The fourth-order valence-electron chi connectivity index (χ4n) is 5.22. The van der Waals surface area contributed by atoms with Gasteiger partial charge >= 0.3 is 0 Å². The zero-order valence-corrected chi connectivity index (χ0v) is 17.9. The molecule has 0 saturated carbocycles. The number of piperidine rings is 1. The average molecular weight is 448 g/mol. The standard InChI is InChI=1S/C23H27F3N4O2/c1-29-12-28-11-21(29)22(31)4-5-23(32)30-15-2-3-16(30)7-14(6-15)20(27)9-13-8-18(25)19(26)10-17(13)24/h8,10-12,14-16,20H,2-7,9,27H2,1H3/t14?,15-,16+,20-/m1/s1. The average Bonchev–Trinajstić information content (AvgIpc) is 3.29. The van der Waals surface area contributed by atoms with Crippen LogP contribution >= 0.6 is 0 Å². The Morgan fingerprint density at radius 3 is 2.38 bits per heavy atom. The number of halogens is 3. The minimum Gasteiger partial charge on any atom is -0.337 e. The van der Waals surface area contributed by atoms with Gasteiger partial charge in [0.1, 0.15) is 11.5 Å². The van der Waals surface area contributed by atoms with E-state index in [1.165, 1.54) is 6.20 Å². The summed E-state index contributed by atoms with van der Waals surface area (Å²) in [5, 5.41) is 0. The first-order chi connectivity index (χ1) is 15.2. The highest BCUT2D eigenvalue weighted by Crippen LogP contribution is 2.40. The molecule has 0 aliphatic carbocycles. The number of nitrogens with two attached hydrogens (primary N) is 1. The molecule has 2 bridgehead atoms. The lowest BCUT2D eigenvalue weighted by Gasteiger charge is -2.41. The van der Waals surface area contributed by atoms with Crippen LogP contribution in [0.3, 0.4) is 0 Å². The van der Waals surface area contributed by atoms with Crippen molar-refractivity contribution in [3.63, 3.8) is 0 Å². The number of carbonyl (C=O) groups is 2. The maximum Gasteiger partial charge on any atom is 0.223 e. The van der Waals surface area contributed by atoms with Gasteiger partial charge in [-0.25, -0.2) is 18.2 Å². The van der Waals surface area contributed by atoms with E-state index in [0.29, 0.717) is 24.6 Å². The third-order valence-corrected chi connectivity index (χ3v) is 6.88. The highest BCUT2D eigenvalue weighted by molar-refractivity contribution is 5.96. The zero-order valence-electron chi connectivity index (χ0n) is 17.9. The molecule has 1 unspecified atom stereocenters. The summed E-state index contributed by atoms with van der Waals surface area (Å²) in [6.07, 6.45) is 6.55. The Kier molecular flexibility index (Phi) is 6.37. The van der Waals surface area contributed by atoms with Crippen LogP contribution in [0.1, 0.15) is 54.6 Å². The van der Waals surface area contributed by atoms with Gasteiger partial charge in [0.2, 0.25) is 5.91 Å². The first-order valence-corrected chi connectivity index (χ1v) is 10.9. The molecular formula is C23H27F3N4O2. The van der Waals surface area contributed by atoms with Gasteiger partial charge in [-0.2, -0.15) is 0 Å². The van der Waals surface area contributed by atoms with E-state index in [9.17, 15) is 22.8 Å². The van der Waals surface area contributed by atoms with E-state index in [2.05, 4.69) is 4.98 Å². The van der Waals surface area contributed by atoms with Crippen molar-refractivity contribution in [2.75, 3.05) is 0 Å². The Bertz CT molecular complexity index is 1010. The molecule has 2 aliphatic rings. The van der Waals surface area contributed by atoms with E-state index in [1.54, 1.807) is 17.9 Å². The number of imidazole rings is 1. The maximum atomic E-state index is 14.0. The molecule has 6 nitrogen and oxygen atoms in total. The van der Waals surface area contributed by atoms with Gasteiger partial charge in [0.05, 0.1) is 12.5 Å². The Balaban J connectivity index is 1.35. The molecule has 4 atom stereocenters. The molecule has 9 heteroatoms. The number of rotatable bonds is 7. The second kappa shape index (κ2) is 9.05. The Labute approximate surface area is 184 Å². The van der Waals surface area contributed by atoms with Crippen LogP contribution < -0.4 is 5.73 Å². The molecule has 0 radical (unpaired) electrons. The SMILES string of the molecule is Cn1cncc1C(=O)CCC(=O)N1[C@@H]2CC[C@H]1CC([C@H](N)Cc1cc(F)c(F)cc1F)C2. The number of hydrogen-bond acceptors (Lipinski definition) is 4. The van der Waals surface area contributed by atoms with Crippen molar-refractivity contribution < 1.29 is 22.8 Å². The van der Waals surface area contributed by atoms with E-state index in [1.807, 2.05) is 4.90 Å². The maximum absolute atomic E-state index is 14.0. The summed E-state index contributed by atoms with van der Waals surface area (Å²) in [6.45, 7) is 0. The predicted molar refractivity (Wildman–Crippen MR) is 111 cm³/mol. The molecule has 0 spiro atoms. The van der Waals surface area contributed by atoms with E-state index >= 15 is 0 Å². The largest absolute Gasteiger partial charge is 0.337 e. The predicted octanol–water partition coefficient (Wildman–Crippen LogP) is 3.14. The summed E-state index contributed by atoms with van der Waals surface area (Å²) in [7, 11) is 1.74. The fraction of sp³-hybridized carbons (Fsp3) is 0.522. The third kappa shape index (κ3) is 4.44. The minimum absolute atomic E-state index is 0.0355. The monoisotopic (exact) mass is 448 g/mol. The number of hydrogen-bond donors (Lipinski definition) is 1. The highest BCUT2D eigenvalue weighted by atomic mass is 19.2. The number of aryl methyl sites for hydroxylation is 1. The summed E-state index contributed by atoms with van der Waals surface area (Å²) in [5.74, 6) is -3.20. The molecule has 3 heterocycles. The lowest BCUT2D eigenvalue weighted by atomic mass is 9.82. The van der Waals surface area contributed by atoms with E-state index < -0.39 is 23.5 Å². The van der Waals surface area contributed by atoms with Crippen LogP contribution in [-0.4, -0.2) is 44.3 Å². The number of ketones is 1. The van der Waals surface area contributed by atoms with Crippen molar-refractivity contribution in [3.05, 3.63) is 53.4 Å². The molecule has 2 fully saturated rings. The number of carbonyl (C=O) groups excluding carboxylic acids is 2. The lowest BCUT2D eigenvalue weighted by molar-refractivity contribution is -0.136. The van der Waals surface area contributed by atoms with Crippen molar-refractivity contribution in [1.82, 2.24) is 14.5 Å². The van der Waals surface area contributed by atoms with Crippen LogP contribution in [0.2, 0.25) is 0 Å². The molecule has 1 aromatic carbocycles. The van der Waals surface area contributed by atoms with Gasteiger partial charge in [-0.05, 0) is 49.7 Å². The zero-order chi connectivity index (χ0) is 23.0. The van der Waals surface area contributed by atoms with Crippen LogP contribution in [0.5, 0.6) is 0 Å². The Morgan fingerprint density at radius 1 is 1.09 bits per heavy atom. The van der Waals surface area contributed by atoms with Gasteiger partial charge in [-0.3, -0.25) is 9.59 Å². The molecule has 172 valence electrons. The van der Waals surface area contributed by atoms with Crippen molar-refractivity contribution in [3.8, 4) is 0 Å². The Morgan fingerprint density at radius 2 is 1.75 bits per heavy atom. The van der Waals surface area contributed by atoms with Crippen molar-refractivity contribution >= 4 is 11.7 Å². The van der Waals surface area contributed by atoms with Crippen molar-refractivity contribution in [2.24, 2.45) is 18.7 Å². The summed E-state index contributed by atoms with van der Waals surface area (Å²) >= 11 is 0. The highest BCUT2D eigenvalue weighted by Gasteiger charge is 2.44. The first kappa shape index (κ1) is 22.5. The first-order valence-electron chi connectivity index (χ1n) is 10.9. The number of fused-ring (bicyclic) bond motifs is 2. The number of amides is 1. The van der Waals surface area contributed by atoms with Crippen LogP contribution in [0.15, 0.2) is 24.7 Å². The third-order valence-electron chi connectivity index (χ3n) is 6.88. The van der Waals surface area contributed by atoms with E-state index in [-0.39, 0.29) is 54.5 Å². The normalized spacial score (nSPS) is 23.4. The second-order valence-corrected chi connectivity index (χ2v) is 8.96. The smallest absolute Gasteiger partial charge is 0.223 e. The number of benzene rings is 1. The molecule has 2 saturated heterocycles. The summed E-state index contributed by atoms with van der Waals surface area (Å²) in [5.41, 5.74) is 6.89. The molecule has 2 N–H and O–H groups in total. The summed E-state index contributed by atoms with van der Waals surface area (Å²) in [6, 6.07) is 1.09. The van der Waals surface area contributed by atoms with E-state index in [0.717, 1.165) is 18.9 Å². The quantitative estimate of drug-likeness (QED) is 0.521. The molecule has 2 aromatic rings. The minimum atomic E-state index is -1.22.